The topological polar surface area (TPSA) is 48.8 Å². The number of benzene rings is 1. The molecule has 0 aliphatic carbocycles. The van der Waals surface area contributed by atoms with Crippen molar-refractivity contribution in [2.45, 2.75) is 19.4 Å². The number of nitrogens with zero attached hydrogens (tertiary/aromatic N) is 3. The molecule has 0 bridgehead atoms. The average molecular weight is 264 g/mol. The molecule has 1 rings (SSSR count). The van der Waals surface area contributed by atoms with Crippen molar-refractivity contribution >= 4 is 36.7 Å². The lowest BCUT2D eigenvalue weighted by Gasteiger charge is -2.08. The molecule has 0 unspecified atom stereocenters. The summed E-state index contributed by atoms with van der Waals surface area (Å²) in [4.78, 5) is 2.78. The van der Waals surface area contributed by atoms with E-state index in [9.17, 15) is 0 Å². The number of halogens is 2. The molecular weight excluding hydrogens is 253 g/mol. The number of azide groups is 1. The third kappa shape index (κ3) is 3.84. The second-order valence-electron chi connectivity index (χ2n) is 2.80. The van der Waals surface area contributed by atoms with Crippen molar-refractivity contribution in [1.82, 2.24) is 0 Å². The van der Waals surface area contributed by atoms with Gasteiger partial charge in [-0.05, 0) is 29.6 Å². The fraction of sp³-hybridized carbons (Fsp3) is 0.333. The SMILES string of the molecule is CC[C@@H](N=[N+]=[N-])c1ccc(Cl)c(Cl)c1.S. The molecule has 3 nitrogen and oxygen atoms in total. The van der Waals surface area contributed by atoms with Gasteiger partial charge in [-0.3, -0.25) is 0 Å². The Morgan fingerprint density at radius 3 is 2.53 bits per heavy atom. The molecule has 6 heteroatoms. The van der Waals surface area contributed by atoms with Crippen LogP contribution < -0.4 is 0 Å². The first-order valence-electron chi connectivity index (χ1n) is 4.18. The van der Waals surface area contributed by atoms with Gasteiger partial charge in [0.25, 0.3) is 0 Å². The van der Waals surface area contributed by atoms with E-state index in [1.165, 1.54) is 0 Å². The van der Waals surface area contributed by atoms with Crippen molar-refractivity contribution in [2.75, 3.05) is 0 Å². The molecule has 1 atom stereocenters. The van der Waals surface area contributed by atoms with Crippen LogP contribution in [0, 0.1) is 0 Å². The van der Waals surface area contributed by atoms with Gasteiger partial charge >= 0.3 is 0 Å². The molecule has 0 radical (unpaired) electrons. The maximum atomic E-state index is 8.35. The molecule has 0 N–H and O–H groups in total. The van der Waals surface area contributed by atoms with Crippen LogP contribution in [-0.2, 0) is 0 Å². The molecule has 0 aliphatic heterocycles. The highest BCUT2D eigenvalue weighted by molar-refractivity contribution is 7.59. The molecule has 15 heavy (non-hydrogen) atoms. The van der Waals surface area contributed by atoms with Crippen molar-refractivity contribution in [3.05, 3.63) is 44.3 Å². The monoisotopic (exact) mass is 263 g/mol. The molecule has 0 saturated carbocycles. The first-order chi connectivity index (χ1) is 6.69. The molecule has 0 spiro atoms. The first kappa shape index (κ1) is 14.5. The Morgan fingerprint density at radius 2 is 2.07 bits per heavy atom. The highest BCUT2D eigenvalue weighted by Gasteiger charge is 2.08. The van der Waals surface area contributed by atoms with Gasteiger partial charge in [-0.2, -0.15) is 13.5 Å². The van der Waals surface area contributed by atoms with Crippen LogP contribution in [0.1, 0.15) is 24.9 Å². The smallest absolute Gasteiger partial charge is 0.0623 e. The molecule has 0 aromatic heterocycles. The zero-order valence-electron chi connectivity index (χ0n) is 8.11. The minimum atomic E-state index is -0.172. The molecule has 1 aromatic carbocycles. The van der Waals surface area contributed by atoms with Crippen LogP contribution in [0.15, 0.2) is 23.3 Å². The van der Waals surface area contributed by atoms with Crippen molar-refractivity contribution in [1.29, 1.82) is 0 Å². The predicted molar refractivity (Wildman–Crippen MR) is 69.0 cm³/mol. The van der Waals surface area contributed by atoms with Crippen LogP contribution in [0.25, 0.3) is 10.4 Å². The van der Waals surface area contributed by atoms with Gasteiger partial charge in [0.05, 0.1) is 16.1 Å². The van der Waals surface area contributed by atoms with Gasteiger partial charge in [0, 0.05) is 4.91 Å². The zero-order valence-corrected chi connectivity index (χ0v) is 10.6. The third-order valence-electron chi connectivity index (χ3n) is 1.91. The number of rotatable bonds is 3. The van der Waals surface area contributed by atoms with Crippen LogP contribution >= 0.6 is 36.7 Å². The summed E-state index contributed by atoms with van der Waals surface area (Å²) in [5, 5.41) is 4.65. The fourth-order valence-electron chi connectivity index (χ4n) is 1.17. The molecule has 0 saturated heterocycles. The molecule has 0 amide bonds. The second kappa shape index (κ2) is 6.85. The summed E-state index contributed by atoms with van der Waals surface area (Å²) < 4.78 is 0. The lowest BCUT2D eigenvalue weighted by molar-refractivity contribution is 0.693. The van der Waals surface area contributed by atoms with Crippen LogP contribution in [0.4, 0.5) is 0 Å². The van der Waals surface area contributed by atoms with E-state index in [4.69, 9.17) is 28.7 Å². The maximum absolute atomic E-state index is 8.35. The summed E-state index contributed by atoms with van der Waals surface area (Å²) in [7, 11) is 0. The molecule has 0 aliphatic rings. The fourth-order valence-corrected chi connectivity index (χ4v) is 1.47. The van der Waals surface area contributed by atoms with Crippen molar-refractivity contribution in [3.8, 4) is 0 Å². The minimum absolute atomic E-state index is 0. The van der Waals surface area contributed by atoms with Gasteiger partial charge in [0.15, 0.2) is 0 Å². The van der Waals surface area contributed by atoms with Gasteiger partial charge in [-0.15, -0.1) is 0 Å². The van der Waals surface area contributed by atoms with E-state index in [-0.39, 0.29) is 19.5 Å². The summed E-state index contributed by atoms with van der Waals surface area (Å²) in [5.41, 5.74) is 9.24. The summed E-state index contributed by atoms with van der Waals surface area (Å²) in [6.45, 7) is 1.95. The highest BCUT2D eigenvalue weighted by Crippen LogP contribution is 2.28. The van der Waals surface area contributed by atoms with E-state index in [1.54, 1.807) is 12.1 Å². The Hall–Kier alpha value is -0.540. The normalized spacial score (nSPS) is 11.1. The Bertz CT molecular complexity index is 378. The van der Waals surface area contributed by atoms with Gasteiger partial charge in [-0.25, -0.2) is 0 Å². The maximum Gasteiger partial charge on any atom is 0.0623 e. The molecule has 0 heterocycles. The number of hydrogen-bond acceptors (Lipinski definition) is 1. The second-order valence-corrected chi connectivity index (χ2v) is 3.62. The Kier molecular flexibility index (Phi) is 6.61. The Morgan fingerprint density at radius 1 is 1.40 bits per heavy atom. The van der Waals surface area contributed by atoms with Gasteiger partial charge < -0.3 is 0 Å². The molecule has 1 aromatic rings. The average Bonchev–Trinajstić information content (AvgIpc) is 2.19. The summed E-state index contributed by atoms with van der Waals surface area (Å²) >= 11 is 11.6. The van der Waals surface area contributed by atoms with Gasteiger partial charge in [0.1, 0.15) is 0 Å². The predicted octanol–water partition coefficient (Wildman–Crippen LogP) is 4.87. The van der Waals surface area contributed by atoms with Gasteiger partial charge in [0.2, 0.25) is 0 Å². The van der Waals surface area contributed by atoms with Crippen LogP contribution in [0.5, 0.6) is 0 Å². The molecular formula is C9H11Cl2N3S. The van der Waals surface area contributed by atoms with E-state index >= 15 is 0 Å². The van der Waals surface area contributed by atoms with Crippen LogP contribution in [0.2, 0.25) is 10.0 Å². The quantitative estimate of drug-likeness (QED) is 0.425. The van der Waals surface area contributed by atoms with Crippen LogP contribution in [0.3, 0.4) is 0 Å². The van der Waals surface area contributed by atoms with E-state index in [0.29, 0.717) is 10.0 Å². The minimum Gasteiger partial charge on any atom is -0.197 e. The lowest BCUT2D eigenvalue weighted by Crippen LogP contribution is -1.92. The Labute approximate surface area is 105 Å². The van der Waals surface area contributed by atoms with Gasteiger partial charge in [-0.1, -0.05) is 41.3 Å². The summed E-state index contributed by atoms with van der Waals surface area (Å²) in [6, 6.07) is 5.08. The Balaban J connectivity index is 0.00000196. The largest absolute Gasteiger partial charge is 0.197 e. The number of hydrogen-bond donors (Lipinski definition) is 0. The van der Waals surface area contributed by atoms with E-state index in [0.717, 1.165) is 12.0 Å². The molecule has 0 fully saturated rings. The van der Waals surface area contributed by atoms with Crippen molar-refractivity contribution < 1.29 is 0 Å². The van der Waals surface area contributed by atoms with Crippen LogP contribution in [-0.4, -0.2) is 0 Å². The summed E-state index contributed by atoms with van der Waals surface area (Å²) in [5.74, 6) is 0. The standard InChI is InChI=1S/C9H9Cl2N3.H2S/c1-2-9(13-14-12)6-3-4-7(10)8(11)5-6;/h3-5,9H,2H2,1H3;1H2/t9-;/m1./s1. The summed E-state index contributed by atoms with van der Waals surface area (Å²) in [6.07, 6.45) is 0.738. The third-order valence-corrected chi connectivity index (χ3v) is 2.65. The lowest BCUT2D eigenvalue weighted by atomic mass is 10.1. The van der Waals surface area contributed by atoms with Crippen molar-refractivity contribution in [2.24, 2.45) is 5.11 Å². The molecule has 82 valence electrons. The van der Waals surface area contributed by atoms with E-state index in [2.05, 4.69) is 10.0 Å². The zero-order chi connectivity index (χ0) is 10.6. The first-order valence-corrected chi connectivity index (χ1v) is 4.93. The van der Waals surface area contributed by atoms with Crippen molar-refractivity contribution in [3.63, 3.8) is 0 Å². The van der Waals surface area contributed by atoms with E-state index < -0.39 is 0 Å². The highest BCUT2D eigenvalue weighted by atomic mass is 35.5. The van der Waals surface area contributed by atoms with E-state index in [1.807, 2.05) is 13.0 Å².